The van der Waals surface area contributed by atoms with Crippen molar-refractivity contribution in [3.63, 3.8) is 0 Å². The zero-order chi connectivity index (χ0) is 19.2. The van der Waals surface area contributed by atoms with Gasteiger partial charge in [0, 0.05) is 19.2 Å². The first-order valence-corrected chi connectivity index (χ1v) is 8.72. The Bertz CT molecular complexity index is 987. The lowest BCUT2D eigenvalue weighted by molar-refractivity contribution is -0.116. The van der Waals surface area contributed by atoms with Crippen molar-refractivity contribution in [1.29, 1.82) is 0 Å². The van der Waals surface area contributed by atoms with Crippen LogP contribution in [0.4, 0.5) is 11.5 Å². The van der Waals surface area contributed by atoms with Gasteiger partial charge in [0.05, 0.1) is 17.6 Å². The third kappa shape index (κ3) is 4.71. The van der Waals surface area contributed by atoms with E-state index in [0.717, 1.165) is 5.56 Å². The van der Waals surface area contributed by atoms with Gasteiger partial charge < -0.3 is 10.6 Å². The molecule has 0 unspecified atom stereocenters. The van der Waals surface area contributed by atoms with Crippen LogP contribution in [0.15, 0.2) is 59.7 Å². The molecule has 7 nitrogen and oxygen atoms in total. The van der Waals surface area contributed by atoms with Gasteiger partial charge in [0.25, 0.3) is 5.56 Å². The van der Waals surface area contributed by atoms with Gasteiger partial charge in [-0.2, -0.15) is 9.78 Å². The van der Waals surface area contributed by atoms with Gasteiger partial charge in [-0.1, -0.05) is 35.9 Å². The minimum atomic E-state index is -0.429. The molecule has 3 rings (SSSR count). The summed E-state index contributed by atoms with van der Waals surface area (Å²) in [6, 6.07) is 12.6. The van der Waals surface area contributed by atoms with Crippen LogP contribution < -0.4 is 16.2 Å². The molecule has 0 fully saturated rings. The van der Waals surface area contributed by atoms with E-state index in [-0.39, 0.29) is 17.4 Å². The van der Waals surface area contributed by atoms with E-state index in [0.29, 0.717) is 23.7 Å². The number of carbonyl (C=O) groups is 1. The van der Waals surface area contributed by atoms with Crippen LogP contribution >= 0.6 is 11.6 Å². The fourth-order valence-electron chi connectivity index (χ4n) is 2.37. The standard InChI is InChI=1S/C19H18ClN5O2/c1-13-7-8-16(22-11-13)24-17(26)9-10-21-15-12-23-25(19(27)18(15)20)14-5-3-2-4-6-14/h2-8,11-12,21H,9-10H2,1H3,(H,22,24,26). The van der Waals surface area contributed by atoms with Crippen LogP contribution in [-0.4, -0.2) is 27.2 Å². The second-order valence-corrected chi connectivity index (χ2v) is 6.25. The number of aromatic nitrogens is 3. The summed E-state index contributed by atoms with van der Waals surface area (Å²) in [7, 11) is 0. The molecule has 0 saturated heterocycles. The van der Waals surface area contributed by atoms with Gasteiger partial charge in [-0.25, -0.2) is 4.98 Å². The number of benzene rings is 1. The van der Waals surface area contributed by atoms with Crippen LogP contribution in [0.1, 0.15) is 12.0 Å². The number of carbonyl (C=O) groups excluding carboxylic acids is 1. The van der Waals surface area contributed by atoms with Crippen LogP contribution in [0.5, 0.6) is 0 Å². The van der Waals surface area contributed by atoms with Gasteiger partial charge in [-0.3, -0.25) is 9.59 Å². The third-order valence-corrected chi connectivity index (χ3v) is 4.13. The van der Waals surface area contributed by atoms with Crippen LogP contribution in [0.25, 0.3) is 5.69 Å². The normalized spacial score (nSPS) is 10.4. The number of nitrogens with one attached hydrogen (secondary N) is 2. The minimum Gasteiger partial charge on any atom is -0.382 e. The third-order valence-electron chi connectivity index (χ3n) is 3.77. The maximum absolute atomic E-state index is 12.4. The van der Waals surface area contributed by atoms with E-state index in [9.17, 15) is 9.59 Å². The highest BCUT2D eigenvalue weighted by atomic mass is 35.5. The van der Waals surface area contributed by atoms with Crippen molar-refractivity contribution in [3.05, 3.63) is 75.8 Å². The molecule has 0 aliphatic heterocycles. The molecule has 0 atom stereocenters. The molecule has 1 amide bonds. The predicted molar refractivity (Wildman–Crippen MR) is 106 cm³/mol. The molecular weight excluding hydrogens is 366 g/mol. The molecule has 1 aromatic carbocycles. The minimum absolute atomic E-state index is 0.0227. The van der Waals surface area contributed by atoms with Gasteiger partial charge in [0.1, 0.15) is 10.8 Å². The summed E-state index contributed by atoms with van der Waals surface area (Å²) >= 11 is 6.16. The van der Waals surface area contributed by atoms with E-state index in [1.54, 1.807) is 24.4 Å². The smallest absolute Gasteiger partial charge is 0.292 e. The lowest BCUT2D eigenvalue weighted by Crippen LogP contribution is -2.23. The molecule has 2 aromatic heterocycles. The zero-order valence-corrected chi connectivity index (χ0v) is 15.4. The Kier molecular flexibility index (Phi) is 5.83. The van der Waals surface area contributed by atoms with Crippen LogP contribution in [0.2, 0.25) is 5.02 Å². The van der Waals surface area contributed by atoms with Crippen molar-refractivity contribution in [1.82, 2.24) is 14.8 Å². The Morgan fingerprint density at radius 2 is 1.93 bits per heavy atom. The van der Waals surface area contributed by atoms with E-state index in [1.165, 1.54) is 10.9 Å². The number of amides is 1. The number of anilines is 2. The van der Waals surface area contributed by atoms with E-state index in [4.69, 9.17) is 11.6 Å². The molecule has 0 bridgehead atoms. The lowest BCUT2D eigenvalue weighted by Gasteiger charge is -2.10. The topological polar surface area (TPSA) is 88.9 Å². The van der Waals surface area contributed by atoms with Crippen LogP contribution in [0.3, 0.4) is 0 Å². The Morgan fingerprint density at radius 1 is 1.15 bits per heavy atom. The molecule has 27 heavy (non-hydrogen) atoms. The molecule has 0 radical (unpaired) electrons. The Labute approximate surface area is 161 Å². The van der Waals surface area contributed by atoms with Crippen LogP contribution in [-0.2, 0) is 4.79 Å². The van der Waals surface area contributed by atoms with E-state index < -0.39 is 5.56 Å². The first-order valence-electron chi connectivity index (χ1n) is 8.34. The summed E-state index contributed by atoms with van der Waals surface area (Å²) in [5.74, 6) is 0.302. The molecule has 2 heterocycles. The van der Waals surface area contributed by atoms with Crippen LogP contribution in [0, 0.1) is 6.92 Å². The lowest BCUT2D eigenvalue weighted by atomic mass is 10.3. The van der Waals surface area contributed by atoms with Gasteiger partial charge in [0.2, 0.25) is 5.91 Å². The SMILES string of the molecule is Cc1ccc(NC(=O)CCNc2cnn(-c3ccccc3)c(=O)c2Cl)nc1. The Morgan fingerprint density at radius 3 is 2.63 bits per heavy atom. The largest absolute Gasteiger partial charge is 0.382 e. The highest BCUT2D eigenvalue weighted by Gasteiger charge is 2.11. The highest BCUT2D eigenvalue weighted by molar-refractivity contribution is 6.32. The maximum Gasteiger partial charge on any atom is 0.292 e. The van der Waals surface area contributed by atoms with Crippen molar-refractivity contribution in [2.45, 2.75) is 13.3 Å². The molecule has 3 aromatic rings. The predicted octanol–water partition coefficient (Wildman–Crippen LogP) is 3.03. The molecule has 138 valence electrons. The number of para-hydroxylation sites is 1. The van der Waals surface area contributed by atoms with Gasteiger partial charge >= 0.3 is 0 Å². The number of rotatable bonds is 6. The summed E-state index contributed by atoms with van der Waals surface area (Å²) in [5, 5.41) is 9.83. The maximum atomic E-state index is 12.4. The van der Waals surface area contributed by atoms with Crippen molar-refractivity contribution in [3.8, 4) is 5.69 Å². The molecule has 0 saturated carbocycles. The summed E-state index contributed by atoms with van der Waals surface area (Å²) < 4.78 is 1.23. The molecule has 0 spiro atoms. The number of hydrogen-bond acceptors (Lipinski definition) is 5. The van der Waals surface area contributed by atoms with Crippen molar-refractivity contribution in [2.75, 3.05) is 17.2 Å². The molecular formula is C19H18ClN5O2. The van der Waals surface area contributed by atoms with E-state index in [2.05, 4.69) is 20.7 Å². The summed E-state index contributed by atoms with van der Waals surface area (Å²) in [6.45, 7) is 2.22. The fraction of sp³-hybridized carbons (Fsp3) is 0.158. The molecule has 0 aliphatic rings. The van der Waals surface area contributed by atoms with Crippen molar-refractivity contribution >= 4 is 29.0 Å². The van der Waals surface area contributed by atoms with E-state index in [1.807, 2.05) is 31.2 Å². The fourth-order valence-corrected chi connectivity index (χ4v) is 2.56. The Hall–Kier alpha value is -3.19. The number of aryl methyl sites for hydroxylation is 1. The highest BCUT2D eigenvalue weighted by Crippen LogP contribution is 2.16. The van der Waals surface area contributed by atoms with E-state index >= 15 is 0 Å². The summed E-state index contributed by atoms with van der Waals surface area (Å²) in [5.41, 5.74) is 1.60. The summed E-state index contributed by atoms with van der Waals surface area (Å²) in [4.78, 5) is 28.5. The van der Waals surface area contributed by atoms with Gasteiger partial charge in [-0.05, 0) is 30.7 Å². The van der Waals surface area contributed by atoms with Crippen molar-refractivity contribution in [2.24, 2.45) is 0 Å². The monoisotopic (exact) mass is 383 g/mol. The first kappa shape index (κ1) is 18.6. The first-order chi connectivity index (χ1) is 13.0. The van der Waals surface area contributed by atoms with Gasteiger partial charge in [0.15, 0.2) is 0 Å². The molecule has 2 N–H and O–H groups in total. The summed E-state index contributed by atoms with van der Waals surface area (Å²) in [6.07, 6.45) is 3.34. The number of hydrogen-bond donors (Lipinski definition) is 2. The molecule has 0 aliphatic carbocycles. The quantitative estimate of drug-likeness (QED) is 0.683. The average molecular weight is 384 g/mol. The average Bonchev–Trinajstić information content (AvgIpc) is 2.68. The number of pyridine rings is 1. The van der Waals surface area contributed by atoms with Gasteiger partial charge in [-0.15, -0.1) is 0 Å². The Balaban J connectivity index is 1.60. The number of halogens is 1. The zero-order valence-electron chi connectivity index (χ0n) is 14.6. The second kappa shape index (κ2) is 8.46. The molecule has 8 heteroatoms. The second-order valence-electron chi connectivity index (χ2n) is 5.87. The van der Waals surface area contributed by atoms with Crippen molar-refractivity contribution < 1.29 is 4.79 Å². The number of nitrogens with zero attached hydrogens (tertiary/aromatic N) is 3.